The van der Waals surface area contributed by atoms with E-state index in [0.717, 1.165) is 40.4 Å². The first-order valence-electron chi connectivity index (χ1n) is 9.40. The number of nitrogens with zero attached hydrogens (tertiary/aromatic N) is 4. The zero-order valence-electron chi connectivity index (χ0n) is 16.9. The summed E-state index contributed by atoms with van der Waals surface area (Å²) in [6.45, 7) is 0. The molecule has 2 aliphatic heterocycles. The number of nitrogen functional groups attached to an aromatic ring is 1. The molecule has 0 saturated carbocycles. The van der Waals surface area contributed by atoms with E-state index in [1.807, 2.05) is 0 Å². The van der Waals surface area contributed by atoms with E-state index in [1.54, 1.807) is 36.0 Å². The van der Waals surface area contributed by atoms with Gasteiger partial charge < -0.3 is 21.4 Å². The third kappa shape index (κ3) is 4.36. The van der Waals surface area contributed by atoms with E-state index in [1.165, 1.54) is 4.90 Å². The van der Waals surface area contributed by atoms with Gasteiger partial charge in [0, 0.05) is 12.4 Å². The predicted molar refractivity (Wildman–Crippen MR) is 130 cm³/mol. The quantitative estimate of drug-likeness (QED) is 0.177. The van der Waals surface area contributed by atoms with E-state index in [2.05, 4.69) is 20.4 Å². The molecule has 0 aromatic carbocycles. The number of amides is 2. The molecule has 1 unspecified atom stereocenters. The van der Waals surface area contributed by atoms with Gasteiger partial charge in [0.15, 0.2) is 10.0 Å². The third-order valence-corrected chi connectivity index (χ3v) is 8.46. The lowest BCUT2D eigenvalue weighted by atomic mass is 10.1. The van der Waals surface area contributed by atoms with Gasteiger partial charge in [0.2, 0.25) is 5.91 Å². The van der Waals surface area contributed by atoms with Crippen LogP contribution in [0.15, 0.2) is 45.7 Å². The number of oxime groups is 1. The molecular weight excluding hydrogens is 524 g/mol. The molecule has 34 heavy (non-hydrogen) atoms. The first-order valence-corrected chi connectivity index (χ1v) is 12.3. The predicted octanol–water partition coefficient (Wildman–Crippen LogP) is 2.51. The number of hydrogen-bond donors (Lipinski definition) is 4. The van der Waals surface area contributed by atoms with Crippen LogP contribution >= 0.6 is 46.5 Å². The Morgan fingerprint density at radius 3 is 2.85 bits per heavy atom. The maximum absolute atomic E-state index is 12.6. The summed E-state index contributed by atoms with van der Waals surface area (Å²) in [5, 5.41) is 25.5. The molecule has 1 saturated heterocycles. The topological polar surface area (TPSA) is 171 Å². The molecule has 0 aliphatic carbocycles. The van der Waals surface area contributed by atoms with Crippen LogP contribution in [0.25, 0.3) is 6.08 Å². The van der Waals surface area contributed by atoms with Crippen molar-refractivity contribution in [1.82, 2.24) is 20.2 Å². The summed E-state index contributed by atoms with van der Waals surface area (Å²) in [4.78, 5) is 45.2. The number of aromatic nitrogens is 2. The average molecular weight is 539 g/mol. The Morgan fingerprint density at radius 2 is 2.26 bits per heavy atom. The van der Waals surface area contributed by atoms with Crippen LogP contribution in [0.1, 0.15) is 17.7 Å². The smallest absolute Gasteiger partial charge is 0.353 e. The van der Waals surface area contributed by atoms with Crippen molar-refractivity contribution >= 4 is 81.7 Å². The Balaban J connectivity index is 1.92. The molecule has 2 aromatic rings. The number of halogens is 1. The largest absolute Gasteiger partial charge is 0.477 e. The fraction of sp³-hybridized carbons (Fsp3) is 0.158. The molecular formula is C19H15ClN6O5S3. The molecule has 2 amide bonds. The van der Waals surface area contributed by atoms with Crippen LogP contribution in [0, 0.1) is 0 Å². The van der Waals surface area contributed by atoms with Crippen molar-refractivity contribution in [2.24, 2.45) is 5.16 Å². The van der Waals surface area contributed by atoms with Crippen LogP contribution in [-0.2, 0) is 19.3 Å². The van der Waals surface area contributed by atoms with Gasteiger partial charge in [0.05, 0.1) is 16.7 Å². The first kappa shape index (κ1) is 24.1. The van der Waals surface area contributed by atoms with Crippen molar-refractivity contribution in [3.05, 3.63) is 56.1 Å². The fourth-order valence-corrected chi connectivity index (χ4v) is 7.38. The van der Waals surface area contributed by atoms with Gasteiger partial charge in [-0.25, -0.2) is 9.78 Å². The number of thiazole rings is 1. The van der Waals surface area contributed by atoms with Gasteiger partial charge in [-0.05, 0) is 23.1 Å². The van der Waals surface area contributed by atoms with Crippen LogP contribution in [0.2, 0.25) is 4.34 Å². The Labute approximate surface area is 209 Å². The summed E-state index contributed by atoms with van der Waals surface area (Å²) in [6, 6.07) is 3.54. The molecule has 11 nitrogen and oxygen atoms in total. The molecule has 5 N–H and O–H groups in total. The van der Waals surface area contributed by atoms with Crippen molar-refractivity contribution in [2.45, 2.75) is 16.7 Å². The number of β-lactam (4-membered cyclic amide) rings is 1. The number of anilines is 1. The lowest BCUT2D eigenvalue weighted by Crippen LogP contribution is -2.60. The summed E-state index contributed by atoms with van der Waals surface area (Å²) in [5.41, 5.74) is 6.39. The molecule has 1 fully saturated rings. The summed E-state index contributed by atoms with van der Waals surface area (Å²) in [7, 11) is 0. The van der Waals surface area contributed by atoms with Crippen molar-refractivity contribution in [1.29, 1.82) is 0 Å². The van der Waals surface area contributed by atoms with Crippen LogP contribution in [-0.4, -0.2) is 54.6 Å². The van der Waals surface area contributed by atoms with Crippen LogP contribution < -0.4 is 11.1 Å². The van der Waals surface area contributed by atoms with Gasteiger partial charge in [-0.1, -0.05) is 57.7 Å². The molecule has 0 radical (unpaired) electrons. The van der Waals surface area contributed by atoms with E-state index < -0.39 is 22.1 Å². The third-order valence-electron chi connectivity index (χ3n) is 4.74. The van der Waals surface area contributed by atoms with E-state index in [0.29, 0.717) is 6.21 Å². The van der Waals surface area contributed by atoms with Crippen LogP contribution in [0.4, 0.5) is 5.13 Å². The normalized spacial score (nSPS) is 22.2. The number of fused-ring (bicyclic) bond motifs is 1. The summed E-state index contributed by atoms with van der Waals surface area (Å²) < 4.78 is 0.129. The minimum Gasteiger partial charge on any atom is -0.477 e. The zero-order valence-corrected chi connectivity index (χ0v) is 20.1. The van der Waals surface area contributed by atoms with Gasteiger partial charge in [-0.15, -0.1) is 0 Å². The second-order valence-electron chi connectivity index (χ2n) is 6.82. The highest BCUT2D eigenvalue weighted by Gasteiger charge is 2.57. The van der Waals surface area contributed by atoms with Crippen molar-refractivity contribution in [3.63, 3.8) is 0 Å². The second-order valence-corrected chi connectivity index (χ2v) is 10.8. The van der Waals surface area contributed by atoms with Crippen molar-refractivity contribution in [2.75, 3.05) is 5.73 Å². The number of rotatable bonds is 7. The minimum absolute atomic E-state index is 0.0495. The minimum atomic E-state index is -1.64. The number of hydrogen-bond acceptors (Lipinski definition) is 11. The lowest BCUT2D eigenvalue weighted by Gasteiger charge is -2.50. The van der Waals surface area contributed by atoms with Gasteiger partial charge in [-0.2, -0.15) is 0 Å². The molecule has 2 aliphatic rings. The lowest BCUT2D eigenvalue weighted by molar-refractivity contribution is -0.146. The number of carbonyl (C=O) groups is 3. The van der Waals surface area contributed by atoms with Crippen LogP contribution in [0.5, 0.6) is 0 Å². The van der Waals surface area contributed by atoms with Crippen molar-refractivity contribution in [3.8, 4) is 0 Å². The van der Waals surface area contributed by atoms with Crippen molar-refractivity contribution < 1.29 is 24.7 Å². The summed E-state index contributed by atoms with van der Waals surface area (Å²) in [5.74, 6) is -2.58. The maximum atomic E-state index is 12.6. The fourth-order valence-electron chi connectivity index (χ4n) is 3.38. The number of pyridine rings is 1. The van der Waals surface area contributed by atoms with E-state index in [-0.39, 0.29) is 38.1 Å². The van der Waals surface area contributed by atoms with Gasteiger partial charge in [0.1, 0.15) is 21.9 Å². The molecule has 2 atom stereocenters. The maximum Gasteiger partial charge on any atom is 0.353 e. The van der Waals surface area contributed by atoms with Gasteiger partial charge in [0.25, 0.3) is 5.91 Å². The molecule has 4 heterocycles. The highest BCUT2D eigenvalue weighted by Crippen LogP contribution is 2.58. The highest BCUT2D eigenvalue weighted by molar-refractivity contribution is 8.08. The standard InChI is InChI=1S/C19H15ClN6O5S3/c20-16-14(24-18(21)33-16)19(25-10(27)8-23-31)15(32-5-3-9-2-1-4-22-7-9)13(17(29)30)26-11(28)6-12(26)34-19/h1-5,7-8,12,31H,6H2,(H2,21,24)(H,25,27)(H,29,30)/b5-3-,23-8?/t12-,19?/m0/s1. The molecule has 176 valence electrons. The van der Waals surface area contributed by atoms with E-state index in [4.69, 9.17) is 22.5 Å². The second kappa shape index (κ2) is 9.66. The number of aliphatic carboxylic acids is 1. The number of carboxylic acid groups (broad SMARTS) is 1. The van der Waals surface area contributed by atoms with Crippen LogP contribution in [0.3, 0.4) is 0 Å². The molecule has 4 rings (SSSR count). The Morgan fingerprint density at radius 1 is 1.47 bits per heavy atom. The van der Waals surface area contributed by atoms with Gasteiger partial charge >= 0.3 is 5.97 Å². The Hall–Kier alpha value is -3.07. The monoisotopic (exact) mass is 538 g/mol. The average Bonchev–Trinajstić information content (AvgIpc) is 3.13. The molecule has 0 bridgehead atoms. The zero-order chi connectivity index (χ0) is 24.5. The molecule has 0 spiro atoms. The van der Waals surface area contributed by atoms with E-state index >= 15 is 0 Å². The number of nitrogens with one attached hydrogen (secondary N) is 1. The summed E-state index contributed by atoms with van der Waals surface area (Å²) >= 11 is 9.44. The molecule has 2 aromatic heterocycles. The molecule has 15 heteroatoms. The first-order chi connectivity index (χ1) is 16.3. The summed E-state index contributed by atoms with van der Waals surface area (Å²) in [6.07, 6.45) is 5.59. The van der Waals surface area contributed by atoms with E-state index in [9.17, 15) is 19.5 Å². The SMILES string of the molecule is Nc1nc(C2(NC(=O)C=NO)S[C@H]3CC(=O)N3C(C(=O)O)=C2S/C=C\c2cccnc2)c(Cl)s1. The Kier molecular flexibility index (Phi) is 6.84. The Bertz CT molecular complexity index is 1250. The number of carbonyl (C=O) groups excluding carboxylic acids is 2. The highest BCUT2D eigenvalue weighted by atomic mass is 35.5. The van der Waals surface area contributed by atoms with Gasteiger partial charge in [-0.3, -0.25) is 19.5 Å². The number of carboxylic acids is 1. The number of nitrogens with two attached hydrogens (primary N) is 1. The number of thioether (sulfide) groups is 2.